The number of imidazole rings is 1. The third kappa shape index (κ3) is 2.96. The van der Waals surface area contributed by atoms with Crippen molar-refractivity contribution in [3.05, 3.63) is 41.4 Å². The average molecular weight is 268 g/mol. The van der Waals surface area contributed by atoms with Crippen molar-refractivity contribution in [3.63, 3.8) is 0 Å². The number of nitrogens with two attached hydrogens (primary N) is 1. The van der Waals surface area contributed by atoms with Gasteiger partial charge in [-0.1, -0.05) is 17.7 Å². The van der Waals surface area contributed by atoms with Crippen molar-refractivity contribution in [1.82, 2.24) is 9.55 Å². The second kappa shape index (κ2) is 5.47. The van der Waals surface area contributed by atoms with E-state index in [-0.39, 0.29) is 0 Å². The fraction of sp³-hybridized carbons (Fsp3) is 0.250. The summed E-state index contributed by atoms with van der Waals surface area (Å²) >= 11 is 7.77. The molecule has 90 valence electrons. The molecule has 2 rings (SSSR count). The highest BCUT2D eigenvalue weighted by Crippen LogP contribution is 2.32. The Kier molecular flexibility index (Phi) is 3.97. The summed E-state index contributed by atoms with van der Waals surface area (Å²) in [4.78, 5) is 5.24. The van der Waals surface area contributed by atoms with Gasteiger partial charge >= 0.3 is 0 Å². The Morgan fingerprint density at radius 1 is 1.47 bits per heavy atom. The van der Waals surface area contributed by atoms with Crippen molar-refractivity contribution in [1.29, 1.82) is 0 Å². The van der Waals surface area contributed by atoms with E-state index in [1.54, 1.807) is 11.8 Å². The van der Waals surface area contributed by atoms with E-state index in [1.165, 1.54) is 0 Å². The van der Waals surface area contributed by atoms with Crippen LogP contribution in [0, 0.1) is 0 Å². The Morgan fingerprint density at radius 3 is 2.94 bits per heavy atom. The highest BCUT2D eigenvalue weighted by molar-refractivity contribution is 7.99. The first-order chi connectivity index (χ1) is 8.18. The van der Waals surface area contributed by atoms with Crippen molar-refractivity contribution in [2.24, 2.45) is 7.05 Å². The van der Waals surface area contributed by atoms with Crippen LogP contribution >= 0.6 is 23.4 Å². The molecular weight excluding hydrogens is 254 g/mol. The maximum atomic E-state index is 6.10. The van der Waals surface area contributed by atoms with Crippen LogP contribution in [-0.4, -0.2) is 15.3 Å². The van der Waals surface area contributed by atoms with E-state index in [4.69, 9.17) is 17.3 Å². The summed E-state index contributed by atoms with van der Waals surface area (Å²) in [6.07, 6.45) is 4.66. The van der Waals surface area contributed by atoms with Gasteiger partial charge in [0.1, 0.15) is 5.82 Å². The molecule has 0 amide bonds. The number of aryl methyl sites for hydroxylation is 2. The quantitative estimate of drug-likeness (QED) is 0.684. The zero-order valence-corrected chi connectivity index (χ0v) is 11.1. The Hall–Kier alpha value is -1.13. The smallest absolute Gasteiger partial charge is 0.109 e. The minimum absolute atomic E-state index is 0.717. The lowest BCUT2D eigenvalue weighted by Crippen LogP contribution is -1.99. The third-order valence-corrected chi connectivity index (χ3v) is 4.07. The van der Waals surface area contributed by atoms with Crippen molar-refractivity contribution in [3.8, 4) is 0 Å². The van der Waals surface area contributed by atoms with E-state index in [1.807, 2.05) is 42.2 Å². The van der Waals surface area contributed by atoms with Gasteiger partial charge in [0.05, 0.1) is 5.02 Å². The van der Waals surface area contributed by atoms with Crippen molar-refractivity contribution >= 4 is 29.1 Å². The second-order valence-electron chi connectivity index (χ2n) is 3.71. The summed E-state index contributed by atoms with van der Waals surface area (Å²) in [5.74, 6) is 1.99. The van der Waals surface area contributed by atoms with Crippen LogP contribution in [-0.2, 0) is 13.5 Å². The van der Waals surface area contributed by atoms with E-state index in [2.05, 4.69) is 4.98 Å². The van der Waals surface area contributed by atoms with E-state index in [0.29, 0.717) is 0 Å². The molecule has 0 unspecified atom stereocenters. The lowest BCUT2D eigenvalue weighted by molar-refractivity contribution is 0.811. The van der Waals surface area contributed by atoms with Gasteiger partial charge in [-0.3, -0.25) is 0 Å². The lowest BCUT2D eigenvalue weighted by Gasteiger charge is -2.07. The normalized spacial score (nSPS) is 10.7. The van der Waals surface area contributed by atoms with Crippen LogP contribution in [0.3, 0.4) is 0 Å². The van der Waals surface area contributed by atoms with Crippen molar-refractivity contribution < 1.29 is 0 Å². The number of benzene rings is 1. The largest absolute Gasteiger partial charge is 0.398 e. The number of thioether (sulfide) groups is 1. The van der Waals surface area contributed by atoms with Crippen molar-refractivity contribution in [2.75, 3.05) is 11.5 Å². The van der Waals surface area contributed by atoms with E-state index in [0.717, 1.165) is 33.6 Å². The molecule has 1 aromatic heterocycles. The molecule has 5 heteroatoms. The first-order valence-electron chi connectivity index (χ1n) is 5.31. The molecule has 0 saturated carbocycles. The second-order valence-corrected chi connectivity index (χ2v) is 5.22. The SMILES string of the molecule is Cn1ccnc1CCSc1c(N)cccc1Cl. The van der Waals surface area contributed by atoms with Crippen LogP contribution < -0.4 is 5.73 Å². The molecule has 1 aromatic carbocycles. The predicted octanol–water partition coefficient (Wildman–Crippen LogP) is 2.99. The summed E-state index contributed by atoms with van der Waals surface area (Å²) in [5.41, 5.74) is 6.62. The molecule has 2 aromatic rings. The molecular formula is C12H14ClN3S. The highest BCUT2D eigenvalue weighted by atomic mass is 35.5. The zero-order chi connectivity index (χ0) is 12.3. The van der Waals surface area contributed by atoms with Crippen LogP contribution in [0.5, 0.6) is 0 Å². The molecule has 0 radical (unpaired) electrons. The molecule has 3 nitrogen and oxygen atoms in total. The van der Waals surface area contributed by atoms with Crippen LogP contribution in [0.2, 0.25) is 5.02 Å². The first-order valence-corrected chi connectivity index (χ1v) is 6.68. The fourth-order valence-electron chi connectivity index (χ4n) is 1.56. The number of rotatable bonds is 4. The van der Waals surface area contributed by atoms with Crippen LogP contribution in [0.1, 0.15) is 5.82 Å². The number of nitrogens with zero attached hydrogens (tertiary/aromatic N) is 2. The van der Waals surface area contributed by atoms with Gasteiger partial charge in [-0.15, -0.1) is 11.8 Å². The molecule has 0 aliphatic rings. The number of nitrogen functional groups attached to an aromatic ring is 1. The van der Waals surface area contributed by atoms with Gasteiger partial charge in [-0.2, -0.15) is 0 Å². The minimum Gasteiger partial charge on any atom is -0.398 e. The monoisotopic (exact) mass is 267 g/mol. The van der Waals surface area contributed by atoms with Gasteiger partial charge in [-0.25, -0.2) is 4.98 Å². The van der Waals surface area contributed by atoms with Crippen molar-refractivity contribution in [2.45, 2.75) is 11.3 Å². The lowest BCUT2D eigenvalue weighted by atomic mass is 10.3. The van der Waals surface area contributed by atoms with Gasteiger partial charge in [-0.05, 0) is 12.1 Å². The van der Waals surface area contributed by atoms with Gasteiger partial charge in [0.25, 0.3) is 0 Å². The number of hydrogen-bond acceptors (Lipinski definition) is 3. The number of aromatic nitrogens is 2. The predicted molar refractivity (Wildman–Crippen MR) is 73.5 cm³/mol. The summed E-state index contributed by atoms with van der Waals surface area (Å²) in [6, 6.07) is 5.59. The molecule has 0 fully saturated rings. The summed E-state index contributed by atoms with van der Waals surface area (Å²) < 4.78 is 2.02. The van der Waals surface area contributed by atoms with E-state index in [9.17, 15) is 0 Å². The number of anilines is 1. The molecule has 0 bridgehead atoms. The Balaban J connectivity index is 1.97. The molecule has 1 heterocycles. The van der Waals surface area contributed by atoms with Crippen LogP contribution in [0.4, 0.5) is 5.69 Å². The van der Waals surface area contributed by atoms with E-state index >= 15 is 0 Å². The van der Waals surface area contributed by atoms with Crippen LogP contribution in [0.15, 0.2) is 35.5 Å². The summed E-state index contributed by atoms with van der Waals surface area (Å²) in [6.45, 7) is 0. The van der Waals surface area contributed by atoms with Gasteiger partial charge in [0, 0.05) is 42.2 Å². The third-order valence-electron chi connectivity index (χ3n) is 2.49. The number of halogens is 1. The Morgan fingerprint density at radius 2 is 2.29 bits per heavy atom. The maximum Gasteiger partial charge on any atom is 0.109 e. The standard InChI is InChI=1S/C12H14ClN3S/c1-16-7-6-15-11(16)5-8-17-12-9(13)3-2-4-10(12)14/h2-4,6-7H,5,8,14H2,1H3. The molecule has 0 atom stereocenters. The van der Waals surface area contributed by atoms with Crippen LogP contribution in [0.25, 0.3) is 0 Å². The average Bonchev–Trinajstić information content (AvgIpc) is 2.69. The molecule has 17 heavy (non-hydrogen) atoms. The Bertz CT molecular complexity index is 490. The molecule has 0 saturated heterocycles. The zero-order valence-electron chi connectivity index (χ0n) is 9.56. The summed E-state index contributed by atoms with van der Waals surface area (Å²) in [5, 5.41) is 0.717. The molecule has 0 spiro atoms. The molecule has 0 aliphatic carbocycles. The maximum absolute atomic E-state index is 6.10. The minimum atomic E-state index is 0.717. The highest BCUT2D eigenvalue weighted by Gasteiger charge is 2.06. The molecule has 0 aliphatic heterocycles. The molecule has 2 N–H and O–H groups in total. The van der Waals surface area contributed by atoms with Gasteiger partial charge in [0.15, 0.2) is 0 Å². The van der Waals surface area contributed by atoms with Gasteiger partial charge in [0.2, 0.25) is 0 Å². The topological polar surface area (TPSA) is 43.8 Å². The first kappa shape index (κ1) is 12.3. The number of hydrogen-bond donors (Lipinski definition) is 1. The van der Waals surface area contributed by atoms with Gasteiger partial charge < -0.3 is 10.3 Å². The Labute approximate surface area is 110 Å². The van der Waals surface area contributed by atoms with E-state index < -0.39 is 0 Å². The fourth-order valence-corrected chi connectivity index (χ4v) is 2.83. The summed E-state index contributed by atoms with van der Waals surface area (Å²) in [7, 11) is 2.00.